The molecule has 0 amide bonds. The Morgan fingerprint density at radius 3 is 2.71 bits per heavy atom. The molecule has 0 aliphatic carbocycles. The zero-order chi connectivity index (χ0) is 10.3. The van der Waals surface area contributed by atoms with Gasteiger partial charge in [0.15, 0.2) is 0 Å². The minimum atomic E-state index is -0.659. The molecule has 0 spiro atoms. The lowest BCUT2D eigenvalue weighted by atomic mass is 9.78. The summed E-state index contributed by atoms with van der Waals surface area (Å²) in [5.41, 5.74) is 0.0314. The minimum Gasteiger partial charge on any atom is -0.377 e. The molecule has 82 valence electrons. The smallest absolute Gasteiger partial charge is 0.117 e. The molecule has 0 saturated carbocycles. The maximum atomic E-state index is 13.5. The lowest BCUT2D eigenvalue weighted by Crippen LogP contribution is -2.61. The fourth-order valence-electron chi connectivity index (χ4n) is 2.66. The lowest BCUT2D eigenvalue weighted by molar-refractivity contribution is -0.0830. The molecule has 0 aromatic heterocycles. The van der Waals surface area contributed by atoms with Gasteiger partial charge in [-0.15, -0.1) is 0 Å². The molecule has 0 aromatic carbocycles. The molecule has 0 unspecified atom stereocenters. The van der Waals surface area contributed by atoms with Crippen molar-refractivity contribution in [1.29, 1.82) is 0 Å². The Morgan fingerprint density at radius 1 is 1.57 bits per heavy atom. The Morgan fingerprint density at radius 2 is 2.29 bits per heavy atom. The number of ether oxygens (including phenoxy) is 1. The van der Waals surface area contributed by atoms with Gasteiger partial charge in [0.25, 0.3) is 0 Å². The predicted molar refractivity (Wildman–Crippen MR) is 54.1 cm³/mol. The molecule has 2 saturated heterocycles. The van der Waals surface area contributed by atoms with E-state index in [1.54, 1.807) is 0 Å². The number of hydrogen-bond donors (Lipinski definition) is 0. The first kappa shape index (κ1) is 10.4. The third-order valence-corrected chi connectivity index (χ3v) is 3.90. The van der Waals surface area contributed by atoms with Crippen molar-refractivity contribution in [1.82, 2.24) is 4.90 Å². The summed E-state index contributed by atoms with van der Waals surface area (Å²) in [6.07, 6.45) is 0.687. The van der Waals surface area contributed by atoms with Crippen LogP contribution in [0.4, 0.5) is 4.39 Å². The number of fused-ring (bicyclic) bond motifs is 1. The molecule has 2 aliphatic rings. The van der Waals surface area contributed by atoms with E-state index in [9.17, 15) is 4.39 Å². The summed E-state index contributed by atoms with van der Waals surface area (Å²) in [6, 6.07) is 0. The van der Waals surface area contributed by atoms with Gasteiger partial charge < -0.3 is 4.74 Å². The second-order valence-electron chi connectivity index (χ2n) is 4.96. The molecular formula is C11H20FNO. The van der Waals surface area contributed by atoms with Crippen LogP contribution < -0.4 is 0 Å². The molecule has 0 aromatic rings. The molecule has 2 heterocycles. The summed E-state index contributed by atoms with van der Waals surface area (Å²) in [4.78, 5) is 2.25. The van der Waals surface area contributed by atoms with Crippen molar-refractivity contribution in [2.45, 2.75) is 45.0 Å². The molecule has 3 heteroatoms. The van der Waals surface area contributed by atoms with Gasteiger partial charge in [0.05, 0.1) is 18.2 Å². The highest BCUT2D eigenvalue weighted by atomic mass is 19.1. The third-order valence-electron chi connectivity index (χ3n) is 3.90. The Balaban J connectivity index is 2.00. The average molecular weight is 201 g/mol. The molecule has 3 atom stereocenters. The van der Waals surface area contributed by atoms with E-state index in [0.29, 0.717) is 13.2 Å². The normalized spacial score (nSPS) is 42.6. The van der Waals surface area contributed by atoms with Crippen molar-refractivity contribution >= 4 is 0 Å². The van der Waals surface area contributed by atoms with E-state index < -0.39 is 6.17 Å². The van der Waals surface area contributed by atoms with Crippen molar-refractivity contribution in [3.63, 3.8) is 0 Å². The van der Waals surface area contributed by atoms with Crippen LogP contribution in [-0.4, -0.2) is 42.4 Å². The van der Waals surface area contributed by atoms with Crippen LogP contribution in [0.2, 0.25) is 0 Å². The number of rotatable bonds is 3. The predicted octanol–water partition coefficient (Wildman–Crippen LogP) is 1.84. The molecule has 0 N–H and O–H groups in total. The molecular weight excluding hydrogens is 181 g/mol. The van der Waals surface area contributed by atoms with Gasteiger partial charge in [-0.1, -0.05) is 6.92 Å². The number of hydrogen-bond acceptors (Lipinski definition) is 2. The molecule has 0 bridgehead atoms. The van der Waals surface area contributed by atoms with Crippen molar-refractivity contribution in [3.05, 3.63) is 0 Å². The molecule has 2 fully saturated rings. The van der Waals surface area contributed by atoms with Crippen molar-refractivity contribution in [3.8, 4) is 0 Å². The average Bonchev–Trinajstić information content (AvgIpc) is 2.25. The second kappa shape index (κ2) is 3.46. The Kier molecular flexibility index (Phi) is 2.56. The number of halogens is 1. The Labute approximate surface area is 85.4 Å². The molecule has 2 rings (SSSR count). The fraction of sp³-hybridized carbons (Fsp3) is 1.00. The van der Waals surface area contributed by atoms with Crippen LogP contribution in [0.3, 0.4) is 0 Å². The summed E-state index contributed by atoms with van der Waals surface area (Å²) in [5, 5.41) is 0. The van der Waals surface area contributed by atoms with E-state index in [0.717, 1.165) is 13.0 Å². The summed E-state index contributed by atoms with van der Waals surface area (Å²) in [7, 11) is 0. The van der Waals surface area contributed by atoms with Gasteiger partial charge in [0, 0.05) is 19.0 Å². The largest absolute Gasteiger partial charge is 0.377 e. The van der Waals surface area contributed by atoms with Crippen LogP contribution in [0.15, 0.2) is 0 Å². The number of nitrogens with zero attached hydrogens (tertiary/aromatic N) is 1. The van der Waals surface area contributed by atoms with E-state index in [-0.39, 0.29) is 17.6 Å². The zero-order valence-electron chi connectivity index (χ0n) is 9.29. The summed E-state index contributed by atoms with van der Waals surface area (Å²) >= 11 is 0. The fourth-order valence-corrected chi connectivity index (χ4v) is 2.66. The molecule has 0 radical (unpaired) electrons. The number of alkyl halides is 1. The summed E-state index contributed by atoms with van der Waals surface area (Å²) in [6.45, 7) is 8.45. The van der Waals surface area contributed by atoms with Gasteiger partial charge in [0.2, 0.25) is 0 Å². The molecule has 2 nitrogen and oxygen atoms in total. The summed E-state index contributed by atoms with van der Waals surface area (Å²) < 4.78 is 19.2. The summed E-state index contributed by atoms with van der Waals surface area (Å²) in [5.74, 6) is 0.134. The third kappa shape index (κ3) is 1.38. The van der Waals surface area contributed by atoms with Crippen LogP contribution in [0.25, 0.3) is 0 Å². The maximum Gasteiger partial charge on any atom is 0.117 e. The highest BCUT2D eigenvalue weighted by Gasteiger charge is 2.57. The van der Waals surface area contributed by atoms with Crippen LogP contribution in [0.1, 0.15) is 27.2 Å². The standard InChI is InChI=1S/C11H20FNO/c1-8(2)14-7-11-4-5-13(11)6-10(12)9(11)3/h8-10H,4-7H2,1-3H3/t9-,10-,11+/m1/s1. The zero-order valence-corrected chi connectivity index (χ0v) is 9.29. The lowest BCUT2D eigenvalue weighted by Gasteiger charge is -2.50. The maximum absolute atomic E-state index is 13.5. The topological polar surface area (TPSA) is 12.5 Å². The second-order valence-corrected chi connectivity index (χ2v) is 4.96. The van der Waals surface area contributed by atoms with Crippen LogP contribution in [-0.2, 0) is 4.74 Å². The van der Waals surface area contributed by atoms with Crippen LogP contribution >= 0.6 is 0 Å². The van der Waals surface area contributed by atoms with E-state index in [1.807, 2.05) is 20.8 Å². The molecule has 14 heavy (non-hydrogen) atoms. The highest BCUT2D eigenvalue weighted by molar-refractivity contribution is 5.11. The van der Waals surface area contributed by atoms with Gasteiger partial charge in [-0.05, 0) is 20.3 Å². The SMILES string of the molecule is CC(C)OC[C@]12CCN1C[C@@H](F)[C@H]2C. The van der Waals surface area contributed by atoms with E-state index in [4.69, 9.17) is 4.74 Å². The van der Waals surface area contributed by atoms with Crippen LogP contribution in [0, 0.1) is 5.92 Å². The van der Waals surface area contributed by atoms with E-state index in [1.165, 1.54) is 0 Å². The quantitative estimate of drug-likeness (QED) is 0.691. The van der Waals surface area contributed by atoms with Gasteiger partial charge in [-0.3, -0.25) is 4.90 Å². The first-order chi connectivity index (χ1) is 6.56. The van der Waals surface area contributed by atoms with Gasteiger partial charge in [-0.25, -0.2) is 4.39 Å². The van der Waals surface area contributed by atoms with Gasteiger partial charge in [0.1, 0.15) is 6.17 Å². The molecule has 2 aliphatic heterocycles. The van der Waals surface area contributed by atoms with Crippen molar-refractivity contribution < 1.29 is 9.13 Å². The van der Waals surface area contributed by atoms with Crippen molar-refractivity contribution in [2.75, 3.05) is 19.7 Å². The highest BCUT2D eigenvalue weighted by Crippen LogP contribution is 2.46. The van der Waals surface area contributed by atoms with Crippen molar-refractivity contribution in [2.24, 2.45) is 5.92 Å². The minimum absolute atomic E-state index is 0.0314. The van der Waals surface area contributed by atoms with Crippen LogP contribution in [0.5, 0.6) is 0 Å². The van der Waals surface area contributed by atoms with Gasteiger partial charge in [-0.2, -0.15) is 0 Å². The van der Waals surface area contributed by atoms with E-state index >= 15 is 0 Å². The Bertz CT molecular complexity index is 221. The van der Waals surface area contributed by atoms with E-state index in [2.05, 4.69) is 4.90 Å². The van der Waals surface area contributed by atoms with Gasteiger partial charge >= 0.3 is 0 Å². The first-order valence-electron chi connectivity index (χ1n) is 5.57. The first-order valence-corrected chi connectivity index (χ1v) is 5.57. The Hall–Kier alpha value is -0.150. The monoisotopic (exact) mass is 201 g/mol.